The molecule has 0 bridgehead atoms. The second-order valence-electron chi connectivity index (χ2n) is 5.99. The minimum atomic E-state index is -0.241. The summed E-state index contributed by atoms with van der Waals surface area (Å²) in [5.41, 5.74) is 0.884. The lowest BCUT2D eigenvalue weighted by Gasteiger charge is -2.18. The third kappa shape index (κ3) is 2.78. The fourth-order valence-electron chi connectivity index (χ4n) is 2.91. The van der Waals surface area contributed by atoms with Gasteiger partial charge in [0.15, 0.2) is 0 Å². The van der Waals surface area contributed by atoms with Crippen molar-refractivity contribution in [3.05, 3.63) is 93.8 Å². The van der Waals surface area contributed by atoms with Crippen LogP contribution in [0.4, 0.5) is 0 Å². The quantitative estimate of drug-likeness (QED) is 0.449. The molecular weight excluding hydrogens is 392 g/mol. The van der Waals surface area contributed by atoms with Gasteiger partial charge in [0.1, 0.15) is 0 Å². The SMILES string of the molecule is O=c1c2c(cnn1-c1ccccc1)Sc1cnn(-c3ccccc3)c(=O)c1S2. The van der Waals surface area contributed by atoms with Gasteiger partial charge in [-0.15, -0.1) is 0 Å². The van der Waals surface area contributed by atoms with Crippen LogP contribution in [-0.4, -0.2) is 19.6 Å². The van der Waals surface area contributed by atoms with Crippen LogP contribution >= 0.6 is 23.5 Å². The monoisotopic (exact) mass is 404 g/mol. The van der Waals surface area contributed by atoms with E-state index in [0.29, 0.717) is 21.2 Å². The fourth-order valence-corrected chi connectivity index (χ4v) is 5.06. The normalized spacial score (nSPS) is 12.3. The number of rotatable bonds is 2. The first-order valence-electron chi connectivity index (χ1n) is 8.43. The summed E-state index contributed by atoms with van der Waals surface area (Å²) < 4.78 is 2.71. The molecule has 0 spiro atoms. The largest absolute Gasteiger partial charge is 0.286 e. The number of nitrogens with zero attached hydrogens (tertiary/aromatic N) is 4. The molecule has 0 amide bonds. The van der Waals surface area contributed by atoms with E-state index in [2.05, 4.69) is 10.2 Å². The first kappa shape index (κ1) is 17.0. The van der Waals surface area contributed by atoms with Crippen LogP contribution in [0.1, 0.15) is 0 Å². The Kier molecular flexibility index (Phi) is 4.14. The maximum absolute atomic E-state index is 13.0. The molecule has 4 aromatic rings. The highest BCUT2D eigenvalue weighted by Crippen LogP contribution is 2.44. The Morgan fingerprint density at radius 1 is 0.607 bits per heavy atom. The van der Waals surface area contributed by atoms with Crippen LogP contribution in [0, 0.1) is 0 Å². The number of aromatic nitrogens is 4. The maximum Gasteiger partial charge on any atom is 0.286 e. The zero-order chi connectivity index (χ0) is 19.1. The van der Waals surface area contributed by atoms with Gasteiger partial charge in [-0.05, 0) is 24.3 Å². The molecule has 0 radical (unpaired) electrons. The second kappa shape index (κ2) is 6.81. The third-order valence-corrected chi connectivity index (χ3v) is 6.74. The first-order chi connectivity index (χ1) is 13.7. The van der Waals surface area contributed by atoms with Crippen molar-refractivity contribution in [2.75, 3.05) is 0 Å². The molecule has 0 unspecified atom stereocenters. The van der Waals surface area contributed by atoms with E-state index in [0.717, 1.165) is 9.79 Å². The molecule has 1 aliphatic rings. The van der Waals surface area contributed by atoms with E-state index in [1.54, 1.807) is 12.4 Å². The molecule has 8 heteroatoms. The number of para-hydroxylation sites is 2. The van der Waals surface area contributed by atoms with Crippen LogP contribution in [0.25, 0.3) is 11.4 Å². The summed E-state index contributed by atoms with van der Waals surface area (Å²) in [7, 11) is 0. The molecule has 0 saturated carbocycles. The number of hydrogen-bond acceptors (Lipinski definition) is 6. The molecule has 136 valence electrons. The Morgan fingerprint density at radius 2 is 1.04 bits per heavy atom. The highest BCUT2D eigenvalue weighted by molar-refractivity contribution is 8.05. The van der Waals surface area contributed by atoms with Crippen molar-refractivity contribution in [3.8, 4) is 11.4 Å². The number of fused-ring (bicyclic) bond motifs is 2. The summed E-state index contributed by atoms with van der Waals surface area (Å²) >= 11 is 2.53. The molecule has 0 saturated heterocycles. The predicted octanol–water partition coefficient (Wildman–Crippen LogP) is 3.39. The predicted molar refractivity (Wildman–Crippen MR) is 108 cm³/mol. The van der Waals surface area contributed by atoms with Gasteiger partial charge >= 0.3 is 0 Å². The topological polar surface area (TPSA) is 69.8 Å². The van der Waals surface area contributed by atoms with Gasteiger partial charge < -0.3 is 0 Å². The lowest BCUT2D eigenvalue weighted by molar-refractivity contribution is 0.739. The fraction of sp³-hybridized carbons (Fsp3) is 0. The van der Waals surface area contributed by atoms with E-state index in [-0.39, 0.29) is 11.1 Å². The van der Waals surface area contributed by atoms with Gasteiger partial charge in [0.25, 0.3) is 11.1 Å². The molecule has 2 aromatic carbocycles. The van der Waals surface area contributed by atoms with Crippen LogP contribution in [0.15, 0.2) is 102 Å². The molecule has 0 N–H and O–H groups in total. The van der Waals surface area contributed by atoms with Crippen LogP contribution in [0.3, 0.4) is 0 Å². The van der Waals surface area contributed by atoms with Crippen LogP contribution in [0.5, 0.6) is 0 Å². The molecule has 1 aliphatic heterocycles. The minimum absolute atomic E-state index is 0.241. The molecule has 0 fully saturated rings. The molecular formula is C20H12N4O2S2. The smallest absolute Gasteiger partial charge is 0.266 e. The highest BCUT2D eigenvalue weighted by atomic mass is 32.2. The van der Waals surface area contributed by atoms with E-state index >= 15 is 0 Å². The van der Waals surface area contributed by atoms with Crippen molar-refractivity contribution in [2.45, 2.75) is 19.6 Å². The molecule has 0 aliphatic carbocycles. The van der Waals surface area contributed by atoms with E-state index in [9.17, 15) is 9.59 Å². The van der Waals surface area contributed by atoms with Crippen molar-refractivity contribution in [1.82, 2.24) is 19.6 Å². The van der Waals surface area contributed by atoms with Crippen molar-refractivity contribution in [3.63, 3.8) is 0 Å². The van der Waals surface area contributed by atoms with Gasteiger partial charge in [0.05, 0.1) is 43.4 Å². The van der Waals surface area contributed by atoms with Gasteiger partial charge in [-0.1, -0.05) is 59.9 Å². The van der Waals surface area contributed by atoms with Crippen molar-refractivity contribution >= 4 is 23.5 Å². The van der Waals surface area contributed by atoms with Gasteiger partial charge in [-0.2, -0.15) is 19.6 Å². The lowest BCUT2D eigenvalue weighted by atomic mass is 10.3. The van der Waals surface area contributed by atoms with Crippen LogP contribution in [0.2, 0.25) is 0 Å². The van der Waals surface area contributed by atoms with E-state index < -0.39 is 0 Å². The Morgan fingerprint density at radius 3 is 1.46 bits per heavy atom. The summed E-state index contributed by atoms with van der Waals surface area (Å²) in [6, 6.07) is 18.5. The standard InChI is InChI=1S/C20H12N4O2S2/c25-19-17-15(11-21-23(19)13-7-3-1-4-8-13)27-16-12-22-24(20(26)18(16)28-17)14-9-5-2-6-10-14/h1-12H. The van der Waals surface area contributed by atoms with Crippen LogP contribution < -0.4 is 11.1 Å². The van der Waals surface area contributed by atoms with Gasteiger partial charge in [-0.3, -0.25) is 9.59 Å². The van der Waals surface area contributed by atoms with Crippen molar-refractivity contribution < 1.29 is 0 Å². The molecule has 2 aromatic heterocycles. The average Bonchev–Trinajstić information content (AvgIpc) is 2.75. The lowest BCUT2D eigenvalue weighted by Crippen LogP contribution is -2.27. The van der Waals surface area contributed by atoms with Gasteiger partial charge in [0.2, 0.25) is 0 Å². The Hall–Kier alpha value is -3.10. The zero-order valence-electron chi connectivity index (χ0n) is 14.4. The number of benzene rings is 2. The molecule has 28 heavy (non-hydrogen) atoms. The van der Waals surface area contributed by atoms with Crippen molar-refractivity contribution in [1.29, 1.82) is 0 Å². The minimum Gasteiger partial charge on any atom is -0.266 e. The summed E-state index contributed by atoms with van der Waals surface area (Å²) in [6.45, 7) is 0. The summed E-state index contributed by atoms with van der Waals surface area (Å²) in [5.74, 6) is 0. The number of hydrogen-bond donors (Lipinski definition) is 0. The molecule has 5 rings (SSSR count). The Balaban J connectivity index is 1.63. The highest BCUT2D eigenvalue weighted by Gasteiger charge is 2.25. The van der Waals surface area contributed by atoms with E-state index in [1.165, 1.54) is 32.9 Å². The Bertz CT molecular complexity index is 1200. The van der Waals surface area contributed by atoms with Gasteiger partial charge in [0, 0.05) is 0 Å². The average molecular weight is 404 g/mol. The molecule has 0 atom stereocenters. The second-order valence-corrected chi connectivity index (χ2v) is 8.09. The Labute approximate surface area is 167 Å². The molecule has 3 heterocycles. The first-order valence-corrected chi connectivity index (χ1v) is 10.1. The van der Waals surface area contributed by atoms with Crippen LogP contribution in [-0.2, 0) is 0 Å². The third-order valence-electron chi connectivity index (χ3n) is 4.23. The van der Waals surface area contributed by atoms with Crippen molar-refractivity contribution in [2.24, 2.45) is 0 Å². The summed E-state index contributed by atoms with van der Waals surface area (Å²) in [4.78, 5) is 28.5. The summed E-state index contributed by atoms with van der Waals surface area (Å²) in [5, 5.41) is 8.58. The zero-order valence-corrected chi connectivity index (χ0v) is 16.0. The van der Waals surface area contributed by atoms with E-state index in [1.807, 2.05) is 60.7 Å². The molecule has 6 nitrogen and oxygen atoms in total. The van der Waals surface area contributed by atoms with Gasteiger partial charge in [-0.25, -0.2) is 0 Å². The summed E-state index contributed by atoms with van der Waals surface area (Å²) in [6.07, 6.45) is 3.32. The maximum atomic E-state index is 13.0. The van der Waals surface area contributed by atoms with E-state index in [4.69, 9.17) is 0 Å².